The minimum Gasteiger partial charge on any atom is -0.381 e. The van der Waals surface area contributed by atoms with Crippen molar-refractivity contribution in [1.82, 2.24) is 5.32 Å². The minimum absolute atomic E-state index is 0.105. The number of hydrogen-bond acceptors (Lipinski definition) is 3. The van der Waals surface area contributed by atoms with E-state index in [0.29, 0.717) is 19.6 Å². The molecule has 1 aliphatic heterocycles. The number of carbonyl (C=O) groups excluding carboxylic acids is 2. The second kappa shape index (κ2) is 8.08. The first-order valence-corrected chi connectivity index (χ1v) is 6.82. The van der Waals surface area contributed by atoms with Gasteiger partial charge in [-0.15, -0.1) is 0 Å². The largest absolute Gasteiger partial charge is 0.381 e. The van der Waals surface area contributed by atoms with Crippen LogP contribution in [0, 0.1) is 5.92 Å². The van der Waals surface area contributed by atoms with Gasteiger partial charge in [-0.1, -0.05) is 32.6 Å². The zero-order valence-electron chi connectivity index (χ0n) is 11.1. The number of ether oxygens (including phenoxy) is 1. The van der Waals surface area contributed by atoms with E-state index in [-0.39, 0.29) is 11.8 Å². The van der Waals surface area contributed by atoms with Gasteiger partial charge < -0.3 is 15.8 Å². The Kier molecular flexibility index (Phi) is 6.72. The van der Waals surface area contributed by atoms with Crippen molar-refractivity contribution in [3.05, 3.63) is 0 Å². The summed E-state index contributed by atoms with van der Waals surface area (Å²) in [6, 6.07) is -0.532. The molecule has 0 aliphatic carbocycles. The number of nitrogens with one attached hydrogen (secondary N) is 1. The number of rotatable bonds is 8. The van der Waals surface area contributed by atoms with Gasteiger partial charge in [0.05, 0.1) is 12.5 Å². The minimum atomic E-state index is -0.532. The van der Waals surface area contributed by atoms with Crippen LogP contribution >= 0.6 is 0 Å². The highest BCUT2D eigenvalue weighted by atomic mass is 16.5. The number of nitrogens with two attached hydrogens (primary N) is 1. The summed E-state index contributed by atoms with van der Waals surface area (Å²) in [4.78, 5) is 23.1. The first kappa shape index (κ1) is 15.0. The van der Waals surface area contributed by atoms with Crippen LogP contribution in [-0.2, 0) is 14.3 Å². The fraction of sp³-hybridized carbons (Fsp3) is 0.846. The fourth-order valence-corrected chi connectivity index (χ4v) is 2.09. The molecule has 0 aromatic heterocycles. The van der Waals surface area contributed by atoms with Gasteiger partial charge in [0.1, 0.15) is 6.04 Å². The lowest BCUT2D eigenvalue weighted by molar-refractivity contribution is -0.130. The molecular weight excluding hydrogens is 232 g/mol. The van der Waals surface area contributed by atoms with E-state index >= 15 is 0 Å². The first-order chi connectivity index (χ1) is 8.65. The van der Waals surface area contributed by atoms with Gasteiger partial charge in [0.2, 0.25) is 11.8 Å². The van der Waals surface area contributed by atoms with Crippen molar-refractivity contribution in [2.24, 2.45) is 11.7 Å². The van der Waals surface area contributed by atoms with E-state index in [1.807, 2.05) is 0 Å². The molecule has 1 heterocycles. The molecule has 18 heavy (non-hydrogen) atoms. The van der Waals surface area contributed by atoms with Crippen LogP contribution in [0.2, 0.25) is 0 Å². The molecule has 5 nitrogen and oxygen atoms in total. The summed E-state index contributed by atoms with van der Waals surface area (Å²) in [6.45, 7) is 3.20. The van der Waals surface area contributed by atoms with E-state index in [2.05, 4.69) is 12.2 Å². The van der Waals surface area contributed by atoms with Crippen molar-refractivity contribution in [2.75, 3.05) is 13.2 Å². The second-order valence-electron chi connectivity index (χ2n) is 4.87. The lowest BCUT2D eigenvalue weighted by Crippen LogP contribution is -2.46. The van der Waals surface area contributed by atoms with Gasteiger partial charge in [-0.05, 0) is 12.8 Å². The molecule has 1 fully saturated rings. The van der Waals surface area contributed by atoms with Crippen molar-refractivity contribution >= 4 is 11.8 Å². The summed E-state index contributed by atoms with van der Waals surface area (Å²) in [5, 5.41) is 2.74. The predicted molar refractivity (Wildman–Crippen MR) is 68.8 cm³/mol. The van der Waals surface area contributed by atoms with Gasteiger partial charge in [-0.25, -0.2) is 0 Å². The Labute approximate surface area is 108 Å². The molecule has 1 saturated heterocycles. The summed E-state index contributed by atoms with van der Waals surface area (Å²) in [5.41, 5.74) is 5.31. The van der Waals surface area contributed by atoms with Crippen molar-refractivity contribution in [1.29, 1.82) is 0 Å². The highest BCUT2D eigenvalue weighted by molar-refractivity contribution is 5.87. The van der Waals surface area contributed by atoms with Crippen LogP contribution in [-0.4, -0.2) is 31.1 Å². The standard InChI is InChI=1S/C13H24N2O3/c1-2-3-4-5-6-11(12(14)16)15-13(17)10-7-8-18-9-10/h10-11H,2-9H2,1H3,(H2,14,16)(H,15,17)/t10-,11+/m1/s1. The molecule has 2 atom stereocenters. The summed E-state index contributed by atoms with van der Waals surface area (Å²) in [5.74, 6) is -0.673. The third kappa shape index (κ3) is 5.04. The predicted octanol–water partition coefficient (Wildman–Crippen LogP) is 0.963. The van der Waals surface area contributed by atoms with Crippen molar-refractivity contribution in [3.8, 4) is 0 Å². The van der Waals surface area contributed by atoms with Gasteiger partial charge >= 0.3 is 0 Å². The monoisotopic (exact) mass is 256 g/mol. The number of amides is 2. The molecule has 0 aromatic rings. The third-order valence-corrected chi connectivity index (χ3v) is 3.31. The Morgan fingerprint density at radius 1 is 1.39 bits per heavy atom. The fourth-order valence-electron chi connectivity index (χ4n) is 2.09. The smallest absolute Gasteiger partial charge is 0.239 e. The molecule has 1 aliphatic rings. The van der Waals surface area contributed by atoms with Gasteiger partial charge in [0.25, 0.3) is 0 Å². The van der Waals surface area contributed by atoms with E-state index in [4.69, 9.17) is 10.5 Å². The van der Waals surface area contributed by atoms with Crippen molar-refractivity contribution in [3.63, 3.8) is 0 Å². The Balaban J connectivity index is 2.32. The molecule has 3 N–H and O–H groups in total. The number of carbonyl (C=O) groups is 2. The van der Waals surface area contributed by atoms with Gasteiger partial charge in [0.15, 0.2) is 0 Å². The quantitative estimate of drug-likeness (QED) is 0.635. The maximum absolute atomic E-state index is 11.9. The lowest BCUT2D eigenvalue weighted by atomic mass is 10.0. The summed E-state index contributed by atoms with van der Waals surface area (Å²) >= 11 is 0. The Bertz CT molecular complexity index is 275. The molecule has 0 unspecified atom stereocenters. The zero-order chi connectivity index (χ0) is 13.4. The van der Waals surface area contributed by atoms with Gasteiger partial charge in [-0.3, -0.25) is 9.59 Å². The molecule has 5 heteroatoms. The molecule has 0 aromatic carbocycles. The molecular formula is C13H24N2O3. The van der Waals surface area contributed by atoms with Crippen LogP contribution in [0.5, 0.6) is 0 Å². The van der Waals surface area contributed by atoms with Crippen molar-refractivity contribution < 1.29 is 14.3 Å². The molecule has 0 radical (unpaired) electrons. The Morgan fingerprint density at radius 2 is 2.17 bits per heavy atom. The van der Waals surface area contributed by atoms with E-state index in [1.165, 1.54) is 0 Å². The zero-order valence-corrected chi connectivity index (χ0v) is 11.1. The van der Waals surface area contributed by atoms with E-state index in [0.717, 1.165) is 32.1 Å². The average Bonchev–Trinajstić information content (AvgIpc) is 2.86. The average molecular weight is 256 g/mol. The molecule has 1 rings (SSSR count). The van der Waals surface area contributed by atoms with Crippen LogP contribution in [0.25, 0.3) is 0 Å². The van der Waals surface area contributed by atoms with E-state index in [1.54, 1.807) is 0 Å². The molecule has 0 saturated carbocycles. The molecule has 2 amide bonds. The van der Waals surface area contributed by atoms with Crippen LogP contribution in [0.1, 0.15) is 45.4 Å². The highest BCUT2D eigenvalue weighted by Crippen LogP contribution is 2.13. The number of hydrogen-bond donors (Lipinski definition) is 2. The maximum atomic E-state index is 11.9. The normalized spacial score (nSPS) is 20.6. The first-order valence-electron chi connectivity index (χ1n) is 6.82. The summed E-state index contributed by atoms with van der Waals surface area (Å²) < 4.78 is 5.16. The van der Waals surface area contributed by atoms with Crippen LogP contribution in [0.4, 0.5) is 0 Å². The van der Waals surface area contributed by atoms with Gasteiger partial charge in [-0.2, -0.15) is 0 Å². The summed E-state index contributed by atoms with van der Waals surface area (Å²) in [7, 11) is 0. The van der Waals surface area contributed by atoms with Crippen LogP contribution in [0.3, 0.4) is 0 Å². The molecule has 0 spiro atoms. The lowest BCUT2D eigenvalue weighted by Gasteiger charge is -2.17. The molecule has 0 bridgehead atoms. The van der Waals surface area contributed by atoms with Crippen molar-refractivity contribution in [2.45, 2.75) is 51.5 Å². The topological polar surface area (TPSA) is 81.4 Å². The van der Waals surface area contributed by atoms with Crippen LogP contribution in [0.15, 0.2) is 0 Å². The highest BCUT2D eigenvalue weighted by Gasteiger charge is 2.26. The second-order valence-corrected chi connectivity index (χ2v) is 4.87. The SMILES string of the molecule is CCCCCC[C@H](NC(=O)[C@@H]1CCOC1)C(N)=O. The maximum Gasteiger partial charge on any atom is 0.239 e. The summed E-state index contributed by atoms with van der Waals surface area (Å²) in [6.07, 6.45) is 5.65. The van der Waals surface area contributed by atoms with Gasteiger partial charge in [0, 0.05) is 6.61 Å². The van der Waals surface area contributed by atoms with E-state index < -0.39 is 11.9 Å². The number of primary amides is 1. The Morgan fingerprint density at radius 3 is 2.72 bits per heavy atom. The number of unbranched alkanes of at least 4 members (excludes halogenated alkanes) is 3. The van der Waals surface area contributed by atoms with Crippen LogP contribution < -0.4 is 11.1 Å². The molecule has 104 valence electrons. The third-order valence-electron chi connectivity index (χ3n) is 3.31. The van der Waals surface area contributed by atoms with E-state index in [9.17, 15) is 9.59 Å². The Hall–Kier alpha value is -1.10.